The van der Waals surface area contributed by atoms with E-state index in [1.807, 2.05) is 60.7 Å². The maximum Gasteiger partial charge on any atom is 0.164 e. The van der Waals surface area contributed by atoms with Crippen molar-refractivity contribution in [3.05, 3.63) is 140 Å². The third-order valence-electron chi connectivity index (χ3n) is 8.25. The number of rotatable bonds is 3. The van der Waals surface area contributed by atoms with E-state index >= 15 is 0 Å². The van der Waals surface area contributed by atoms with Gasteiger partial charge < -0.3 is 4.42 Å². The van der Waals surface area contributed by atoms with Gasteiger partial charge in [-0.15, -0.1) is 0 Å². The van der Waals surface area contributed by atoms with E-state index in [-0.39, 0.29) is 0 Å². The van der Waals surface area contributed by atoms with Crippen molar-refractivity contribution in [3.63, 3.8) is 0 Å². The lowest BCUT2D eigenvalue weighted by atomic mass is 9.93. The molecule has 0 amide bonds. The number of para-hydroxylation sites is 3. The zero-order chi connectivity index (χ0) is 28.3. The van der Waals surface area contributed by atoms with Crippen molar-refractivity contribution < 1.29 is 4.42 Å². The molecule has 43 heavy (non-hydrogen) atoms. The van der Waals surface area contributed by atoms with Crippen molar-refractivity contribution in [2.75, 3.05) is 0 Å². The first-order chi connectivity index (χ1) is 21.3. The minimum atomic E-state index is 0.621. The van der Waals surface area contributed by atoms with E-state index in [1.54, 1.807) is 0 Å². The summed E-state index contributed by atoms with van der Waals surface area (Å²) in [6.07, 6.45) is 0. The molecular weight excluding hydrogens is 526 g/mol. The normalized spacial score (nSPS) is 11.7. The van der Waals surface area contributed by atoms with Gasteiger partial charge in [0, 0.05) is 43.4 Å². The maximum absolute atomic E-state index is 6.70. The Morgan fingerprint density at radius 1 is 0.419 bits per heavy atom. The summed E-state index contributed by atoms with van der Waals surface area (Å²) in [5.74, 6) is 0.621. The quantitative estimate of drug-likeness (QED) is 0.206. The molecule has 4 nitrogen and oxygen atoms in total. The fourth-order valence-electron chi connectivity index (χ4n) is 6.33. The van der Waals surface area contributed by atoms with Gasteiger partial charge in [-0.1, -0.05) is 115 Å². The summed E-state index contributed by atoms with van der Waals surface area (Å²) in [5, 5.41) is 6.37. The zero-order valence-corrected chi connectivity index (χ0v) is 23.0. The highest BCUT2D eigenvalue weighted by Crippen LogP contribution is 2.45. The van der Waals surface area contributed by atoms with Gasteiger partial charge >= 0.3 is 0 Å². The minimum Gasteiger partial charge on any atom is -0.455 e. The van der Waals surface area contributed by atoms with E-state index in [1.165, 1.54) is 0 Å². The standard InChI is InChI=1S/C39H23N3O/c1-3-13-24(14-4-1)36-27-18-8-11-21-32(27)41-39(42-36)30-23-29-34(35-28-19-9-12-22-33(28)43-38(30)35)26-17-7-10-20-31(26)40-37(29)25-15-5-2-6-16-25/h1-23H. The summed E-state index contributed by atoms with van der Waals surface area (Å²) in [6, 6.07) is 47.7. The molecule has 9 aromatic rings. The van der Waals surface area contributed by atoms with Crippen LogP contribution in [0.3, 0.4) is 0 Å². The summed E-state index contributed by atoms with van der Waals surface area (Å²) in [4.78, 5) is 15.6. The highest BCUT2D eigenvalue weighted by Gasteiger charge is 2.23. The molecule has 0 unspecified atom stereocenters. The molecule has 0 saturated carbocycles. The first kappa shape index (κ1) is 23.8. The van der Waals surface area contributed by atoms with Crippen molar-refractivity contribution in [1.82, 2.24) is 15.0 Å². The van der Waals surface area contributed by atoms with Gasteiger partial charge in [0.2, 0.25) is 0 Å². The second-order valence-electron chi connectivity index (χ2n) is 10.8. The Morgan fingerprint density at radius 3 is 1.70 bits per heavy atom. The van der Waals surface area contributed by atoms with Crippen LogP contribution in [0.1, 0.15) is 0 Å². The Bertz CT molecular complexity index is 2500. The number of benzene rings is 6. The first-order valence-corrected chi connectivity index (χ1v) is 14.4. The van der Waals surface area contributed by atoms with Crippen LogP contribution in [0.15, 0.2) is 144 Å². The lowest BCUT2D eigenvalue weighted by Gasteiger charge is -2.14. The molecule has 0 aliphatic rings. The number of furan rings is 1. The molecule has 0 spiro atoms. The monoisotopic (exact) mass is 549 g/mol. The second-order valence-corrected chi connectivity index (χ2v) is 10.8. The van der Waals surface area contributed by atoms with E-state index in [0.29, 0.717) is 5.82 Å². The summed E-state index contributed by atoms with van der Waals surface area (Å²) in [5.41, 5.74) is 8.20. The van der Waals surface area contributed by atoms with Crippen LogP contribution >= 0.6 is 0 Å². The van der Waals surface area contributed by atoms with E-state index in [0.717, 1.165) is 82.6 Å². The highest BCUT2D eigenvalue weighted by atomic mass is 16.3. The number of hydrogen-bond donors (Lipinski definition) is 0. The minimum absolute atomic E-state index is 0.621. The van der Waals surface area contributed by atoms with Crippen LogP contribution in [0, 0.1) is 0 Å². The molecule has 0 bridgehead atoms. The summed E-state index contributed by atoms with van der Waals surface area (Å²) in [6.45, 7) is 0. The number of fused-ring (bicyclic) bond motifs is 8. The van der Waals surface area contributed by atoms with Crippen molar-refractivity contribution in [1.29, 1.82) is 0 Å². The van der Waals surface area contributed by atoms with Crippen LogP contribution in [-0.4, -0.2) is 15.0 Å². The molecule has 0 atom stereocenters. The van der Waals surface area contributed by atoms with Gasteiger partial charge in [-0.05, 0) is 24.3 Å². The molecular formula is C39H23N3O. The molecule has 3 aromatic heterocycles. The number of aromatic nitrogens is 3. The Kier molecular flexibility index (Phi) is 5.16. The smallest absolute Gasteiger partial charge is 0.164 e. The van der Waals surface area contributed by atoms with Crippen LogP contribution in [0.5, 0.6) is 0 Å². The predicted molar refractivity (Wildman–Crippen MR) is 176 cm³/mol. The summed E-state index contributed by atoms with van der Waals surface area (Å²) in [7, 11) is 0. The molecule has 3 heterocycles. The molecule has 200 valence electrons. The third kappa shape index (κ3) is 3.67. The molecule has 9 rings (SSSR count). The first-order valence-electron chi connectivity index (χ1n) is 14.4. The lowest BCUT2D eigenvalue weighted by Crippen LogP contribution is -1.97. The molecule has 0 aliphatic carbocycles. The van der Waals surface area contributed by atoms with Gasteiger partial charge in [0.05, 0.1) is 28.0 Å². The van der Waals surface area contributed by atoms with E-state index in [9.17, 15) is 0 Å². The van der Waals surface area contributed by atoms with E-state index < -0.39 is 0 Å². The van der Waals surface area contributed by atoms with Gasteiger partial charge in [-0.2, -0.15) is 0 Å². The van der Waals surface area contributed by atoms with E-state index in [2.05, 4.69) is 78.9 Å². The van der Waals surface area contributed by atoms with Crippen molar-refractivity contribution in [2.45, 2.75) is 0 Å². The summed E-state index contributed by atoms with van der Waals surface area (Å²) >= 11 is 0. The average molecular weight is 550 g/mol. The number of hydrogen-bond acceptors (Lipinski definition) is 4. The number of pyridine rings is 1. The SMILES string of the molecule is c1ccc(-c2nc(-c3cc4c(-c5ccccc5)nc5ccccc5c4c4c3oc3ccccc34)nc3ccccc23)cc1. The van der Waals surface area contributed by atoms with Gasteiger partial charge in [0.1, 0.15) is 11.2 Å². The molecule has 0 fully saturated rings. The Labute approximate surface area is 246 Å². The van der Waals surface area contributed by atoms with E-state index in [4.69, 9.17) is 19.4 Å². The third-order valence-corrected chi connectivity index (χ3v) is 8.25. The predicted octanol–water partition coefficient (Wildman–Crippen LogP) is 10.2. The van der Waals surface area contributed by atoms with Gasteiger partial charge in [0.25, 0.3) is 0 Å². The Balaban J connectivity index is 1.49. The molecule has 0 N–H and O–H groups in total. The lowest BCUT2D eigenvalue weighted by molar-refractivity contribution is 0.670. The van der Waals surface area contributed by atoms with Crippen LogP contribution in [0.4, 0.5) is 0 Å². The van der Waals surface area contributed by atoms with Crippen molar-refractivity contribution in [3.8, 4) is 33.9 Å². The number of nitrogens with zero attached hydrogens (tertiary/aromatic N) is 3. The van der Waals surface area contributed by atoms with Crippen LogP contribution < -0.4 is 0 Å². The van der Waals surface area contributed by atoms with Gasteiger partial charge in [-0.3, -0.25) is 0 Å². The van der Waals surface area contributed by atoms with Crippen molar-refractivity contribution in [2.24, 2.45) is 0 Å². The molecule has 6 aromatic carbocycles. The van der Waals surface area contributed by atoms with Crippen molar-refractivity contribution >= 4 is 54.5 Å². The Hall–Kier alpha value is -5.87. The zero-order valence-electron chi connectivity index (χ0n) is 23.0. The van der Waals surface area contributed by atoms with Crippen LogP contribution in [-0.2, 0) is 0 Å². The van der Waals surface area contributed by atoms with Gasteiger partial charge in [0.15, 0.2) is 5.82 Å². The molecule has 4 heteroatoms. The Morgan fingerprint density at radius 2 is 0.977 bits per heavy atom. The topological polar surface area (TPSA) is 51.8 Å². The molecule has 0 saturated heterocycles. The fourth-order valence-corrected chi connectivity index (χ4v) is 6.33. The second kappa shape index (κ2) is 9.33. The average Bonchev–Trinajstić information content (AvgIpc) is 3.47. The molecule has 0 radical (unpaired) electrons. The highest BCUT2D eigenvalue weighted by molar-refractivity contribution is 6.30. The maximum atomic E-state index is 6.70. The fraction of sp³-hybridized carbons (Fsp3) is 0. The van der Waals surface area contributed by atoms with Crippen LogP contribution in [0.2, 0.25) is 0 Å². The largest absolute Gasteiger partial charge is 0.455 e. The molecule has 0 aliphatic heterocycles. The van der Waals surface area contributed by atoms with Gasteiger partial charge in [-0.25, -0.2) is 15.0 Å². The van der Waals surface area contributed by atoms with Crippen LogP contribution in [0.25, 0.3) is 88.4 Å². The summed E-state index contributed by atoms with van der Waals surface area (Å²) < 4.78 is 6.70.